The summed E-state index contributed by atoms with van der Waals surface area (Å²) in [6.07, 6.45) is 14.2. The lowest BCUT2D eigenvalue weighted by Crippen LogP contribution is -2.13. The average molecular weight is 1710 g/mol. The Hall–Kier alpha value is -18.8. The van der Waals surface area contributed by atoms with Gasteiger partial charge in [0.1, 0.15) is 11.3 Å². The molecule has 0 fully saturated rings. The highest BCUT2D eigenvalue weighted by molar-refractivity contribution is 6.26. The van der Waals surface area contributed by atoms with Crippen molar-refractivity contribution in [1.29, 1.82) is 0 Å². The van der Waals surface area contributed by atoms with Crippen molar-refractivity contribution in [2.45, 2.75) is 0 Å². The number of rotatable bonds is 11. The molecule has 0 unspecified atom stereocenters. The van der Waals surface area contributed by atoms with E-state index in [-0.39, 0.29) is 0 Å². The van der Waals surface area contributed by atoms with Gasteiger partial charge in [0.2, 0.25) is 29.7 Å². The van der Waals surface area contributed by atoms with E-state index in [9.17, 15) is 0 Å². The van der Waals surface area contributed by atoms with E-state index in [4.69, 9.17) is 54.8 Å². The van der Waals surface area contributed by atoms with Crippen LogP contribution >= 0.6 is 0 Å². The molecule has 28 aromatic rings. The first-order valence-electron chi connectivity index (χ1n) is 43.8. The van der Waals surface area contributed by atoms with Crippen molar-refractivity contribution in [3.8, 4) is 86.4 Å². The fourth-order valence-electron chi connectivity index (χ4n) is 19.3. The van der Waals surface area contributed by atoms with E-state index in [1.165, 1.54) is 37.8 Å². The topological polar surface area (TPSA) is 215 Å². The van der Waals surface area contributed by atoms with E-state index in [2.05, 4.69) is 270 Å². The third-order valence-corrected chi connectivity index (χ3v) is 25.0. The third-order valence-electron chi connectivity index (χ3n) is 25.0. The molecule has 0 saturated heterocycles. The van der Waals surface area contributed by atoms with Crippen molar-refractivity contribution < 1.29 is 0 Å². The molecule has 0 atom stereocenters. The van der Waals surface area contributed by atoms with Crippen LogP contribution in [-0.2, 0) is 0 Å². The van der Waals surface area contributed by atoms with Crippen molar-refractivity contribution in [3.05, 3.63) is 420 Å². The van der Waals surface area contributed by atoms with Gasteiger partial charge in [-0.05, 0) is 115 Å². The highest BCUT2D eigenvalue weighted by Gasteiger charge is 2.29. The standard InChI is InChI=1S/C40H26N4.C39H25N5.C33H18N12/c1-4-14-27(15-5-1)34-26-35(28-16-6-2-7-17-28)42-40(41-34)44-37-23-13-11-21-31(37)33-25-24-32-30-20-10-12-22-36(30)43(38(32)39(33)44)29-18-8-3-9-19-29;1-4-14-26(15-5-1)37-40-38(27-16-6-2-7-17-27)42-39(41-37)44-34-23-13-11-21-30(34)32-25-24-31-29-20-10-12-22-33(29)43(35(31)36(32)44)28-18-8-3-9-19-28;1-5-19-22-17-34-16-10-23(22)44(29(19)38-13-1)32-40-31(43-24-7-3-11-36-27(24)20-9-15-35-18-26(20)43)41-33(42-32)45-25-8-4-12-37-28(25)21-6-2-14-39-30(21)45/h1-26H;1-25H;1-18H. The van der Waals surface area contributed by atoms with Gasteiger partial charge in [0.25, 0.3) is 0 Å². The molecule has 622 valence electrons. The zero-order valence-electron chi connectivity index (χ0n) is 70.7. The number of hydrogen-bond acceptors (Lipinski definition) is 14. The quantitative estimate of drug-likeness (QED) is 0.118. The molecule has 0 bridgehead atoms. The number of nitrogens with zero attached hydrogens (tertiary/aromatic N) is 21. The summed E-state index contributed by atoms with van der Waals surface area (Å²) in [5, 5.41) is 13.2. The van der Waals surface area contributed by atoms with Crippen LogP contribution < -0.4 is 0 Å². The van der Waals surface area contributed by atoms with Gasteiger partial charge in [0, 0.05) is 142 Å². The summed E-state index contributed by atoms with van der Waals surface area (Å²) in [6, 6.07) is 127. The molecular weight excluding hydrogens is 1640 g/mol. The zero-order valence-corrected chi connectivity index (χ0v) is 70.7. The van der Waals surface area contributed by atoms with Crippen LogP contribution in [-0.4, -0.2) is 102 Å². The van der Waals surface area contributed by atoms with E-state index in [0.29, 0.717) is 52.7 Å². The lowest BCUT2D eigenvalue weighted by molar-refractivity contribution is 0.841. The number of benzene rings is 12. The van der Waals surface area contributed by atoms with Crippen molar-refractivity contribution in [1.82, 2.24) is 102 Å². The minimum absolute atomic E-state index is 0.379. The van der Waals surface area contributed by atoms with Crippen LogP contribution in [0.4, 0.5) is 0 Å². The van der Waals surface area contributed by atoms with Gasteiger partial charge in [-0.3, -0.25) is 42.8 Å². The van der Waals surface area contributed by atoms with Gasteiger partial charge in [-0.2, -0.15) is 24.9 Å². The highest BCUT2D eigenvalue weighted by Crippen LogP contribution is 2.46. The monoisotopic (exact) mass is 1710 g/mol. The minimum Gasteiger partial charge on any atom is -0.307 e. The maximum absolute atomic E-state index is 5.28. The Morgan fingerprint density at radius 3 is 0.992 bits per heavy atom. The number of aromatic nitrogens is 21. The van der Waals surface area contributed by atoms with Crippen molar-refractivity contribution >= 4 is 153 Å². The summed E-state index contributed by atoms with van der Waals surface area (Å²) in [5.41, 5.74) is 23.2. The van der Waals surface area contributed by atoms with Gasteiger partial charge in [0.15, 0.2) is 11.6 Å². The fraction of sp³-hybridized carbons (Fsp3) is 0. The van der Waals surface area contributed by atoms with Crippen LogP contribution in [0.5, 0.6) is 0 Å². The number of fused-ring (bicyclic) bond motifs is 23. The van der Waals surface area contributed by atoms with Gasteiger partial charge in [-0.15, -0.1) is 0 Å². The first-order chi connectivity index (χ1) is 66.0. The average Bonchev–Trinajstić information content (AvgIpc) is 1.54. The van der Waals surface area contributed by atoms with Crippen molar-refractivity contribution in [3.63, 3.8) is 0 Å². The largest absolute Gasteiger partial charge is 0.307 e. The molecule has 16 heterocycles. The predicted octanol–water partition coefficient (Wildman–Crippen LogP) is 24.9. The van der Waals surface area contributed by atoms with Gasteiger partial charge in [0.05, 0.1) is 94.8 Å². The Kier molecular flexibility index (Phi) is 17.7. The Bertz CT molecular complexity index is 8530. The maximum Gasteiger partial charge on any atom is 0.242 e. The third kappa shape index (κ3) is 12.3. The van der Waals surface area contributed by atoms with Crippen molar-refractivity contribution in [2.75, 3.05) is 0 Å². The first kappa shape index (κ1) is 75.6. The molecule has 0 amide bonds. The van der Waals surface area contributed by atoms with E-state index >= 15 is 0 Å². The van der Waals surface area contributed by atoms with Crippen LogP contribution in [0.1, 0.15) is 0 Å². The molecule has 0 N–H and O–H groups in total. The van der Waals surface area contributed by atoms with E-state index in [1.807, 2.05) is 153 Å². The van der Waals surface area contributed by atoms with Gasteiger partial charge in [-0.25, -0.2) is 24.9 Å². The summed E-state index contributed by atoms with van der Waals surface area (Å²) in [6.45, 7) is 0. The second-order valence-corrected chi connectivity index (χ2v) is 32.5. The van der Waals surface area contributed by atoms with Crippen LogP contribution in [0.25, 0.3) is 240 Å². The number of para-hydroxylation sites is 6. The van der Waals surface area contributed by atoms with Crippen molar-refractivity contribution in [2.24, 2.45) is 0 Å². The van der Waals surface area contributed by atoms with Crippen LogP contribution in [0.3, 0.4) is 0 Å². The van der Waals surface area contributed by atoms with Gasteiger partial charge < -0.3 is 9.13 Å². The first-order valence-corrected chi connectivity index (χ1v) is 43.8. The second-order valence-electron chi connectivity index (χ2n) is 32.5. The molecule has 133 heavy (non-hydrogen) atoms. The van der Waals surface area contributed by atoms with Crippen LogP contribution in [0, 0.1) is 0 Å². The molecule has 21 heteroatoms. The SMILES string of the molecule is c1ccc(-c2cc(-c3ccccc3)nc(-n3c4ccccc4c4ccc5c6ccccc6n(-c6ccccc6)c5c43)n2)cc1.c1ccc(-c2nc(-c3ccccc3)nc(-n3c4ccccc4c4ccc5c6ccccc6n(-c6ccccc6)c5c43)n2)cc1.c1cnc2c(c1)c1cnccc1n2-c1nc(-n2c3cnccc3c3ncccc32)nc(-n2c3cccnc3c3cccnc32)n1. The Morgan fingerprint density at radius 2 is 0.504 bits per heavy atom. The maximum atomic E-state index is 5.28. The molecule has 0 aliphatic rings. The van der Waals surface area contributed by atoms with Gasteiger partial charge >= 0.3 is 0 Å². The Morgan fingerprint density at radius 1 is 0.173 bits per heavy atom. The lowest BCUT2D eigenvalue weighted by Gasteiger charge is -2.13. The van der Waals surface area contributed by atoms with Crippen LogP contribution in [0.2, 0.25) is 0 Å². The molecular formula is C112H69N21. The molecule has 28 rings (SSSR count). The molecule has 0 radical (unpaired) electrons. The molecule has 21 nitrogen and oxygen atoms in total. The summed E-state index contributed by atoms with van der Waals surface area (Å²) in [7, 11) is 0. The number of pyridine rings is 6. The Labute approximate surface area is 756 Å². The fourth-order valence-corrected chi connectivity index (χ4v) is 19.3. The summed E-state index contributed by atoms with van der Waals surface area (Å²) in [4.78, 5) is 68.9. The molecule has 16 aromatic heterocycles. The summed E-state index contributed by atoms with van der Waals surface area (Å²) in [5.74, 6) is 3.66. The molecule has 12 aromatic carbocycles. The summed E-state index contributed by atoms with van der Waals surface area (Å²) < 4.78 is 15.1. The zero-order chi connectivity index (χ0) is 87.6. The summed E-state index contributed by atoms with van der Waals surface area (Å²) >= 11 is 0. The molecule has 0 saturated carbocycles. The lowest BCUT2D eigenvalue weighted by atomic mass is 10.1. The van der Waals surface area contributed by atoms with E-state index in [0.717, 1.165) is 149 Å². The predicted molar refractivity (Wildman–Crippen MR) is 531 cm³/mol. The molecule has 0 spiro atoms. The van der Waals surface area contributed by atoms with Crippen LogP contribution in [0.15, 0.2) is 420 Å². The minimum atomic E-state index is 0.379. The normalized spacial score (nSPS) is 11.8. The van der Waals surface area contributed by atoms with E-state index < -0.39 is 0 Å². The highest BCUT2D eigenvalue weighted by atomic mass is 15.3. The van der Waals surface area contributed by atoms with E-state index in [1.54, 1.807) is 43.4 Å². The smallest absolute Gasteiger partial charge is 0.242 e. The second kappa shape index (κ2) is 31.1. The molecule has 0 aliphatic heterocycles. The number of hydrogen-bond donors (Lipinski definition) is 0. The van der Waals surface area contributed by atoms with Gasteiger partial charge in [-0.1, -0.05) is 255 Å². The Balaban J connectivity index is 0.000000104. The molecule has 0 aliphatic carbocycles.